The van der Waals surface area contributed by atoms with Gasteiger partial charge in [0.25, 0.3) is 0 Å². The van der Waals surface area contributed by atoms with E-state index in [4.69, 9.17) is 4.74 Å². The predicted octanol–water partition coefficient (Wildman–Crippen LogP) is 3.44. The van der Waals surface area contributed by atoms with Gasteiger partial charge in [0.1, 0.15) is 5.75 Å². The first-order valence-corrected chi connectivity index (χ1v) is 10.3. The number of aryl methyl sites for hydroxylation is 2. The summed E-state index contributed by atoms with van der Waals surface area (Å²) < 4.78 is 7.10. The van der Waals surface area contributed by atoms with E-state index in [9.17, 15) is 9.90 Å². The number of hydrogen-bond acceptors (Lipinski definition) is 5. The maximum absolute atomic E-state index is 12.2. The normalized spacial score (nSPS) is 11.9. The van der Waals surface area contributed by atoms with Gasteiger partial charge in [-0.3, -0.25) is 9.36 Å². The molecule has 1 atom stereocenters. The molecule has 2 aromatic carbocycles. The first-order valence-electron chi connectivity index (χ1n) is 9.30. The molecule has 2 N–H and O–H groups in total. The fraction of sp³-hybridized carbons (Fsp3) is 0.273. The summed E-state index contributed by atoms with van der Waals surface area (Å²) >= 11 is 1.37. The standard InChI is InChI=1S/C22H25N3O3S/c1-15-4-5-16(2)19(12-15)25-11-10-23-22(25)29-14-21(27)24-13-20(26)17-6-8-18(28-3)9-7-17/h4-12,20,26H,13-14H2,1-3H3,(H,24,27). The van der Waals surface area contributed by atoms with E-state index in [2.05, 4.69) is 35.4 Å². The summed E-state index contributed by atoms with van der Waals surface area (Å²) in [5.41, 5.74) is 4.09. The van der Waals surface area contributed by atoms with Crippen LogP contribution in [-0.2, 0) is 4.79 Å². The van der Waals surface area contributed by atoms with E-state index in [1.165, 1.54) is 17.3 Å². The Morgan fingerprint density at radius 3 is 2.72 bits per heavy atom. The molecular weight excluding hydrogens is 386 g/mol. The molecule has 1 aromatic heterocycles. The molecule has 0 aliphatic carbocycles. The minimum absolute atomic E-state index is 0.150. The number of nitrogens with one attached hydrogen (secondary N) is 1. The Morgan fingerprint density at radius 1 is 1.24 bits per heavy atom. The molecule has 29 heavy (non-hydrogen) atoms. The van der Waals surface area contributed by atoms with Gasteiger partial charge in [0, 0.05) is 18.9 Å². The molecular formula is C22H25N3O3S. The lowest BCUT2D eigenvalue weighted by atomic mass is 10.1. The largest absolute Gasteiger partial charge is 0.497 e. The van der Waals surface area contributed by atoms with Crippen molar-refractivity contribution in [1.82, 2.24) is 14.9 Å². The number of benzene rings is 2. The van der Waals surface area contributed by atoms with Crippen LogP contribution in [0, 0.1) is 13.8 Å². The molecule has 0 bridgehead atoms. The van der Waals surface area contributed by atoms with Crippen molar-refractivity contribution in [3.05, 3.63) is 71.5 Å². The summed E-state index contributed by atoms with van der Waals surface area (Å²) in [6.45, 7) is 4.25. The Balaban J connectivity index is 1.55. The van der Waals surface area contributed by atoms with Gasteiger partial charge in [-0.05, 0) is 48.7 Å². The number of carbonyl (C=O) groups excluding carboxylic acids is 1. The minimum Gasteiger partial charge on any atom is -0.497 e. The Bertz CT molecular complexity index is 970. The van der Waals surface area contributed by atoms with Gasteiger partial charge in [0.05, 0.1) is 24.7 Å². The molecule has 0 saturated heterocycles. The highest BCUT2D eigenvalue weighted by atomic mass is 32.2. The number of nitrogens with zero attached hydrogens (tertiary/aromatic N) is 2. The molecule has 152 valence electrons. The molecule has 0 aliphatic heterocycles. The number of imidazole rings is 1. The Kier molecular flexibility index (Phi) is 6.95. The van der Waals surface area contributed by atoms with E-state index in [-0.39, 0.29) is 18.2 Å². The fourth-order valence-electron chi connectivity index (χ4n) is 2.89. The topological polar surface area (TPSA) is 76.4 Å². The van der Waals surface area contributed by atoms with E-state index < -0.39 is 6.10 Å². The maximum atomic E-state index is 12.2. The number of thioether (sulfide) groups is 1. The SMILES string of the molecule is COc1ccc(C(O)CNC(=O)CSc2nccn2-c2cc(C)ccc2C)cc1. The van der Waals surface area contributed by atoms with Crippen LogP contribution in [0.3, 0.4) is 0 Å². The van der Waals surface area contributed by atoms with Crippen molar-refractivity contribution in [1.29, 1.82) is 0 Å². The van der Waals surface area contributed by atoms with Gasteiger partial charge >= 0.3 is 0 Å². The molecule has 0 saturated carbocycles. The van der Waals surface area contributed by atoms with Crippen LogP contribution < -0.4 is 10.1 Å². The van der Waals surface area contributed by atoms with Gasteiger partial charge in [0.2, 0.25) is 5.91 Å². The van der Waals surface area contributed by atoms with Crippen LogP contribution in [0.15, 0.2) is 60.0 Å². The van der Waals surface area contributed by atoms with E-state index >= 15 is 0 Å². The van der Waals surface area contributed by atoms with E-state index in [0.717, 1.165) is 27.7 Å². The molecule has 3 rings (SSSR count). The third-order valence-corrected chi connectivity index (χ3v) is 5.52. The number of amides is 1. The van der Waals surface area contributed by atoms with E-state index in [1.54, 1.807) is 37.6 Å². The summed E-state index contributed by atoms with van der Waals surface area (Å²) in [6.07, 6.45) is 2.86. The van der Waals surface area contributed by atoms with Crippen LogP contribution in [0.4, 0.5) is 0 Å². The van der Waals surface area contributed by atoms with Crippen molar-refractivity contribution in [3.63, 3.8) is 0 Å². The van der Waals surface area contributed by atoms with Crippen molar-refractivity contribution in [2.75, 3.05) is 19.4 Å². The number of carbonyl (C=O) groups is 1. The van der Waals surface area contributed by atoms with Gasteiger partial charge < -0.3 is 15.2 Å². The zero-order valence-corrected chi connectivity index (χ0v) is 17.6. The highest BCUT2D eigenvalue weighted by molar-refractivity contribution is 7.99. The van der Waals surface area contributed by atoms with Crippen LogP contribution in [0.25, 0.3) is 5.69 Å². The minimum atomic E-state index is -0.771. The van der Waals surface area contributed by atoms with Gasteiger partial charge in [-0.2, -0.15) is 0 Å². The molecule has 6 nitrogen and oxygen atoms in total. The van der Waals surface area contributed by atoms with Crippen molar-refractivity contribution in [3.8, 4) is 11.4 Å². The molecule has 0 fully saturated rings. The number of hydrogen-bond donors (Lipinski definition) is 2. The summed E-state index contributed by atoms with van der Waals surface area (Å²) in [7, 11) is 1.59. The molecule has 0 spiro atoms. The lowest BCUT2D eigenvalue weighted by molar-refractivity contribution is -0.119. The number of rotatable bonds is 8. The zero-order chi connectivity index (χ0) is 20.8. The fourth-order valence-corrected chi connectivity index (χ4v) is 3.69. The number of aromatic nitrogens is 2. The first-order chi connectivity index (χ1) is 14.0. The Labute approximate surface area is 174 Å². The summed E-state index contributed by atoms with van der Waals surface area (Å²) in [4.78, 5) is 16.6. The van der Waals surface area contributed by atoms with E-state index in [1.807, 2.05) is 17.7 Å². The maximum Gasteiger partial charge on any atom is 0.230 e. The third kappa shape index (κ3) is 5.40. The van der Waals surface area contributed by atoms with Gasteiger partial charge in [-0.1, -0.05) is 36.0 Å². The number of ether oxygens (including phenoxy) is 1. The van der Waals surface area contributed by atoms with Crippen molar-refractivity contribution in [2.24, 2.45) is 0 Å². The number of aliphatic hydroxyl groups excluding tert-OH is 1. The Morgan fingerprint density at radius 2 is 2.00 bits per heavy atom. The highest BCUT2D eigenvalue weighted by Gasteiger charge is 2.13. The molecule has 0 aliphatic rings. The van der Waals surface area contributed by atoms with Crippen LogP contribution in [0.1, 0.15) is 22.8 Å². The van der Waals surface area contributed by atoms with Crippen molar-refractivity contribution in [2.45, 2.75) is 25.1 Å². The number of methoxy groups -OCH3 is 1. The third-order valence-electron chi connectivity index (χ3n) is 4.56. The average Bonchev–Trinajstić information content (AvgIpc) is 3.20. The van der Waals surface area contributed by atoms with Crippen LogP contribution >= 0.6 is 11.8 Å². The highest BCUT2D eigenvalue weighted by Crippen LogP contribution is 2.23. The zero-order valence-electron chi connectivity index (χ0n) is 16.8. The summed E-state index contributed by atoms with van der Waals surface area (Å²) in [5.74, 6) is 0.788. The predicted molar refractivity (Wildman–Crippen MR) is 115 cm³/mol. The molecule has 3 aromatic rings. The second-order valence-electron chi connectivity index (χ2n) is 6.75. The van der Waals surface area contributed by atoms with Gasteiger partial charge in [-0.25, -0.2) is 4.98 Å². The van der Waals surface area contributed by atoms with Gasteiger partial charge in [-0.15, -0.1) is 0 Å². The second-order valence-corrected chi connectivity index (χ2v) is 7.69. The van der Waals surface area contributed by atoms with Crippen LogP contribution in [0.5, 0.6) is 5.75 Å². The van der Waals surface area contributed by atoms with E-state index in [0.29, 0.717) is 0 Å². The Hall–Kier alpha value is -2.77. The molecule has 1 heterocycles. The lowest BCUT2D eigenvalue weighted by Crippen LogP contribution is -2.29. The molecule has 7 heteroatoms. The number of aliphatic hydroxyl groups is 1. The molecule has 1 unspecified atom stereocenters. The first kappa shape index (κ1) is 21.0. The monoisotopic (exact) mass is 411 g/mol. The van der Waals surface area contributed by atoms with Crippen LogP contribution in [0.2, 0.25) is 0 Å². The van der Waals surface area contributed by atoms with Crippen molar-refractivity contribution >= 4 is 17.7 Å². The average molecular weight is 412 g/mol. The summed E-state index contributed by atoms with van der Waals surface area (Å²) in [5, 5.41) is 13.8. The van der Waals surface area contributed by atoms with Crippen LogP contribution in [-0.4, -0.2) is 40.0 Å². The summed E-state index contributed by atoms with van der Waals surface area (Å²) in [6, 6.07) is 13.4. The smallest absolute Gasteiger partial charge is 0.230 e. The van der Waals surface area contributed by atoms with Crippen molar-refractivity contribution < 1.29 is 14.6 Å². The van der Waals surface area contributed by atoms with Gasteiger partial charge in [0.15, 0.2) is 5.16 Å². The molecule has 0 radical (unpaired) electrons. The quantitative estimate of drug-likeness (QED) is 0.556. The lowest BCUT2D eigenvalue weighted by Gasteiger charge is -2.13. The second kappa shape index (κ2) is 9.62. The molecule has 1 amide bonds.